The summed E-state index contributed by atoms with van der Waals surface area (Å²) in [6.45, 7) is 0. The van der Waals surface area contributed by atoms with E-state index in [0.29, 0.717) is 11.1 Å². The fourth-order valence-corrected chi connectivity index (χ4v) is 2.65. The first-order valence-electron chi connectivity index (χ1n) is 7.99. The largest absolute Gasteiger partial charge is 0.289 e. The molecule has 0 fully saturated rings. The number of hydrogen-bond acceptors (Lipinski definition) is 3. The van der Waals surface area contributed by atoms with Gasteiger partial charge in [0.1, 0.15) is 5.69 Å². The second kappa shape index (κ2) is 6.53. The molecule has 3 aromatic carbocycles. The fraction of sp³-hybridized carbons (Fsp3) is 0. The zero-order valence-electron chi connectivity index (χ0n) is 13.4. The Balaban J connectivity index is 1.59. The first-order chi connectivity index (χ1) is 12.3. The molecule has 0 N–H and O–H groups in total. The molecule has 4 heteroatoms. The molecule has 0 aliphatic rings. The topological polar surface area (TPSA) is 47.8 Å². The summed E-state index contributed by atoms with van der Waals surface area (Å²) in [5.74, 6) is 0.00992. The third kappa shape index (κ3) is 3.10. The second-order valence-corrected chi connectivity index (χ2v) is 5.66. The van der Waals surface area contributed by atoms with Gasteiger partial charge in [-0.1, -0.05) is 65.9 Å². The van der Waals surface area contributed by atoms with Crippen LogP contribution in [0, 0.1) is 0 Å². The van der Waals surface area contributed by atoms with Crippen LogP contribution in [0.1, 0.15) is 15.9 Å². The predicted molar refractivity (Wildman–Crippen MR) is 96.7 cm³/mol. The smallest absolute Gasteiger partial charge is 0.193 e. The zero-order valence-corrected chi connectivity index (χ0v) is 13.4. The third-order valence-electron chi connectivity index (χ3n) is 3.99. The molecular formula is C21H15N3O. The van der Waals surface area contributed by atoms with Crippen LogP contribution >= 0.6 is 0 Å². The summed E-state index contributed by atoms with van der Waals surface area (Å²) in [6, 6.07) is 26.5. The van der Waals surface area contributed by atoms with Crippen molar-refractivity contribution in [2.45, 2.75) is 0 Å². The van der Waals surface area contributed by atoms with E-state index in [1.165, 1.54) is 0 Å². The van der Waals surface area contributed by atoms with Crippen LogP contribution in [-0.2, 0) is 0 Å². The molecule has 0 spiro atoms. The highest BCUT2D eigenvalue weighted by atomic mass is 16.1. The van der Waals surface area contributed by atoms with Gasteiger partial charge in [-0.3, -0.25) is 4.79 Å². The Morgan fingerprint density at radius 1 is 0.720 bits per heavy atom. The number of carbonyl (C=O) groups is 1. The lowest BCUT2D eigenvalue weighted by Gasteiger charge is -2.03. The molecule has 25 heavy (non-hydrogen) atoms. The molecule has 1 heterocycles. The van der Waals surface area contributed by atoms with Crippen LogP contribution in [0.15, 0.2) is 91.1 Å². The van der Waals surface area contributed by atoms with E-state index in [1.54, 1.807) is 4.68 Å². The van der Waals surface area contributed by atoms with Gasteiger partial charge in [-0.05, 0) is 24.3 Å². The maximum absolute atomic E-state index is 12.4. The summed E-state index contributed by atoms with van der Waals surface area (Å²) in [5, 5.41) is 8.39. The molecular weight excluding hydrogens is 310 g/mol. The number of carbonyl (C=O) groups excluding carboxylic acids is 1. The molecule has 0 amide bonds. The second-order valence-electron chi connectivity index (χ2n) is 5.66. The van der Waals surface area contributed by atoms with Crippen molar-refractivity contribution in [1.29, 1.82) is 0 Å². The van der Waals surface area contributed by atoms with Crippen LogP contribution in [0.25, 0.3) is 16.9 Å². The van der Waals surface area contributed by atoms with Crippen LogP contribution in [-0.4, -0.2) is 20.8 Å². The van der Waals surface area contributed by atoms with Crippen LogP contribution < -0.4 is 0 Å². The molecule has 0 radical (unpaired) electrons. The first kappa shape index (κ1) is 15.0. The van der Waals surface area contributed by atoms with Gasteiger partial charge in [-0.25, -0.2) is 4.68 Å². The molecule has 4 rings (SSSR count). The Morgan fingerprint density at radius 3 is 2.00 bits per heavy atom. The van der Waals surface area contributed by atoms with Crippen LogP contribution in [0.5, 0.6) is 0 Å². The molecule has 0 atom stereocenters. The minimum atomic E-state index is 0.00992. The number of ketones is 1. The molecule has 4 nitrogen and oxygen atoms in total. The van der Waals surface area contributed by atoms with E-state index in [0.717, 1.165) is 16.9 Å². The molecule has 120 valence electrons. The predicted octanol–water partition coefficient (Wildman–Crippen LogP) is 4.17. The minimum Gasteiger partial charge on any atom is -0.289 e. The van der Waals surface area contributed by atoms with Gasteiger partial charge in [0.25, 0.3) is 0 Å². The molecule has 0 saturated carbocycles. The maximum atomic E-state index is 12.4. The number of nitrogens with zero attached hydrogens (tertiary/aromatic N) is 3. The van der Waals surface area contributed by atoms with E-state index < -0.39 is 0 Å². The highest BCUT2D eigenvalue weighted by molar-refractivity contribution is 6.09. The highest BCUT2D eigenvalue weighted by Crippen LogP contribution is 2.18. The maximum Gasteiger partial charge on any atom is 0.193 e. The number of hydrogen-bond donors (Lipinski definition) is 0. The van der Waals surface area contributed by atoms with Crippen LogP contribution in [0.2, 0.25) is 0 Å². The average Bonchev–Trinajstić information content (AvgIpc) is 3.19. The van der Waals surface area contributed by atoms with Crippen molar-refractivity contribution in [3.8, 4) is 16.9 Å². The van der Waals surface area contributed by atoms with Crippen molar-refractivity contribution < 1.29 is 4.79 Å². The van der Waals surface area contributed by atoms with E-state index in [-0.39, 0.29) is 5.78 Å². The van der Waals surface area contributed by atoms with Gasteiger partial charge in [0.2, 0.25) is 0 Å². The third-order valence-corrected chi connectivity index (χ3v) is 3.99. The molecule has 1 aromatic heterocycles. The van der Waals surface area contributed by atoms with Crippen molar-refractivity contribution in [2.75, 3.05) is 0 Å². The summed E-state index contributed by atoms with van der Waals surface area (Å²) < 4.78 is 1.71. The zero-order chi connectivity index (χ0) is 17.1. The molecule has 4 aromatic rings. The average molecular weight is 325 g/mol. The normalized spacial score (nSPS) is 10.6. The lowest BCUT2D eigenvalue weighted by atomic mass is 10.0. The highest BCUT2D eigenvalue weighted by Gasteiger charge is 2.09. The van der Waals surface area contributed by atoms with Gasteiger partial charge in [0.05, 0.1) is 11.9 Å². The monoisotopic (exact) mass is 325 g/mol. The molecule has 0 aliphatic carbocycles. The van der Waals surface area contributed by atoms with Gasteiger partial charge in [0, 0.05) is 16.7 Å². The van der Waals surface area contributed by atoms with E-state index in [9.17, 15) is 4.79 Å². The number of aromatic nitrogens is 3. The summed E-state index contributed by atoms with van der Waals surface area (Å²) in [7, 11) is 0. The number of rotatable bonds is 4. The van der Waals surface area contributed by atoms with Crippen molar-refractivity contribution in [3.05, 3.63) is 102 Å². The van der Waals surface area contributed by atoms with Gasteiger partial charge >= 0.3 is 0 Å². The van der Waals surface area contributed by atoms with Gasteiger partial charge in [-0.2, -0.15) is 0 Å². The standard InChI is InChI=1S/C21H15N3O/c25-21(17-9-5-2-6-10-17)18-11-13-19(14-12-18)24-15-20(22-23-24)16-7-3-1-4-8-16/h1-15H. The quantitative estimate of drug-likeness (QED) is 0.529. The van der Waals surface area contributed by atoms with Crippen molar-refractivity contribution in [3.63, 3.8) is 0 Å². The lowest BCUT2D eigenvalue weighted by molar-refractivity contribution is 0.103. The minimum absolute atomic E-state index is 0.00992. The number of benzene rings is 3. The fourth-order valence-electron chi connectivity index (χ4n) is 2.65. The summed E-state index contributed by atoms with van der Waals surface area (Å²) in [5.41, 5.74) is 4.02. The summed E-state index contributed by atoms with van der Waals surface area (Å²) >= 11 is 0. The SMILES string of the molecule is O=C(c1ccccc1)c1ccc(-n2cc(-c3ccccc3)nn2)cc1. The van der Waals surface area contributed by atoms with E-state index >= 15 is 0 Å². The van der Waals surface area contributed by atoms with E-state index in [1.807, 2.05) is 91.1 Å². The van der Waals surface area contributed by atoms with E-state index in [4.69, 9.17) is 0 Å². The summed E-state index contributed by atoms with van der Waals surface area (Å²) in [6.07, 6.45) is 1.88. The van der Waals surface area contributed by atoms with Crippen LogP contribution in [0.4, 0.5) is 0 Å². The van der Waals surface area contributed by atoms with Crippen molar-refractivity contribution in [2.24, 2.45) is 0 Å². The van der Waals surface area contributed by atoms with Crippen molar-refractivity contribution in [1.82, 2.24) is 15.0 Å². The van der Waals surface area contributed by atoms with E-state index in [2.05, 4.69) is 10.3 Å². The van der Waals surface area contributed by atoms with Crippen molar-refractivity contribution >= 4 is 5.78 Å². The van der Waals surface area contributed by atoms with Crippen LogP contribution in [0.3, 0.4) is 0 Å². The Bertz CT molecular complexity index is 990. The molecule has 0 unspecified atom stereocenters. The summed E-state index contributed by atoms with van der Waals surface area (Å²) in [4.78, 5) is 12.4. The Kier molecular flexibility index (Phi) is 3.92. The van der Waals surface area contributed by atoms with Gasteiger partial charge < -0.3 is 0 Å². The van der Waals surface area contributed by atoms with Gasteiger partial charge in [-0.15, -0.1) is 5.10 Å². The Hall–Kier alpha value is -3.53. The molecule has 0 saturated heterocycles. The first-order valence-corrected chi connectivity index (χ1v) is 7.99. The Labute approximate surface area is 145 Å². The molecule has 0 aliphatic heterocycles. The van der Waals surface area contributed by atoms with Gasteiger partial charge in [0.15, 0.2) is 5.78 Å². The lowest BCUT2D eigenvalue weighted by Crippen LogP contribution is -2.02. The molecule has 0 bridgehead atoms. The Morgan fingerprint density at radius 2 is 1.32 bits per heavy atom.